The van der Waals surface area contributed by atoms with Gasteiger partial charge in [0.05, 0.1) is 29.9 Å². The van der Waals surface area contributed by atoms with Gasteiger partial charge in [-0.25, -0.2) is 9.37 Å². The van der Waals surface area contributed by atoms with Crippen LogP contribution in [-0.2, 0) is 6.42 Å². The van der Waals surface area contributed by atoms with Gasteiger partial charge >= 0.3 is 0 Å². The molecule has 0 saturated heterocycles. The van der Waals surface area contributed by atoms with Gasteiger partial charge in [0.25, 0.3) is 5.91 Å². The molecule has 7 heteroatoms. The highest BCUT2D eigenvalue weighted by Crippen LogP contribution is 2.39. The number of aromatic nitrogens is 2. The van der Waals surface area contributed by atoms with Crippen molar-refractivity contribution in [2.45, 2.75) is 26.4 Å². The van der Waals surface area contributed by atoms with Crippen LogP contribution >= 0.6 is 0 Å². The molecule has 0 bridgehead atoms. The molecule has 0 spiro atoms. The first-order valence-corrected chi connectivity index (χ1v) is 10.7. The summed E-state index contributed by atoms with van der Waals surface area (Å²) in [5, 5.41) is 2.93. The van der Waals surface area contributed by atoms with Crippen molar-refractivity contribution in [1.82, 2.24) is 15.3 Å². The van der Waals surface area contributed by atoms with Crippen LogP contribution in [0.1, 0.15) is 27.3 Å². The van der Waals surface area contributed by atoms with Crippen molar-refractivity contribution in [1.29, 1.82) is 0 Å². The predicted molar refractivity (Wildman–Crippen MR) is 121 cm³/mol. The summed E-state index contributed by atoms with van der Waals surface area (Å²) in [6.45, 7) is 3.97. The molecule has 5 rings (SSSR count). The number of hydrogen-bond acceptors (Lipinski definition) is 5. The quantitative estimate of drug-likeness (QED) is 0.475. The van der Waals surface area contributed by atoms with Gasteiger partial charge in [0.15, 0.2) is 0 Å². The molecular weight excluding hydrogens is 421 g/mol. The van der Waals surface area contributed by atoms with Crippen LogP contribution in [0.5, 0.6) is 5.75 Å². The second-order valence-corrected chi connectivity index (χ2v) is 8.10. The molecule has 166 valence electrons. The van der Waals surface area contributed by atoms with Gasteiger partial charge < -0.3 is 14.5 Å². The molecule has 1 aliphatic rings. The molecule has 4 aromatic rings. The molecular formula is C26H22FN3O3. The summed E-state index contributed by atoms with van der Waals surface area (Å²) < 4.78 is 25.9. The van der Waals surface area contributed by atoms with Crippen LogP contribution in [0, 0.1) is 19.7 Å². The largest absolute Gasteiger partial charge is 0.487 e. The van der Waals surface area contributed by atoms with E-state index in [0.29, 0.717) is 40.4 Å². The van der Waals surface area contributed by atoms with E-state index in [4.69, 9.17) is 9.15 Å². The molecule has 2 aromatic carbocycles. The molecule has 1 atom stereocenters. The minimum atomic E-state index is -0.352. The average Bonchev–Trinajstić information content (AvgIpc) is 3.49. The Kier molecular flexibility index (Phi) is 5.38. The number of carbonyl (C=O) groups excluding carboxylic acids is 1. The molecule has 0 radical (unpaired) electrons. The van der Waals surface area contributed by atoms with Gasteiger partial charge in [0.2, 0.25) is 0 Å². The van der Waals surface area contributed by atoms with E-state index < -0.39 is 0 Å². The lowest BCUT2D eigenvalue weighted by molar-refractivity contribution is 0.0933. The van der Waals surface area contributed by atoms with Crippen LogP contribution in [0.3, 0.4) is 0 Å². The smallest absolute Gasteiger partial charge is 0.251 e. The highest BCUT2D eigenvalue weighted by molar-refractivity contribution is 5.95. The monoisotopic (exact) mass is 443 g/mol. The van der Waals surface area contributed by atoms with E-state index in [2.05, 4.69) is 15.3 Å². The normalized spacial score (nSPS) is 14.6. The molecule has 0 unspecified atom stereocenters. The molecule has 1 N–H and O–H groups in total. The van der Waals surface area contributed by atoms with Crippen LogP contribution < -0.4 is 10.1 Å². The van der Waals surface area contributed by atoms with Gasteiger partial charge in [-0.15, -0.1) is 0 Å². The van der Waals surface area contributed by atoms with Gasteiger partial charge in [-0.3, -0.25) is 9.78 Å². The summed E-state index contributed by atoms with van der Waals surface area (Å²) in [6, 6.07) is 13.8. The Hall–Kier alpha value is -4.00. The first-order valence-electron chi connectivity index (χ1n) is 10.7. The molecule has 2 aromatic heterocycles. The van der Waals surface area contributed by atoms with Crippen molar-refractivity contribution >= 4 is 5.91 Å². The number of furan rings is 1. The van der Waals surface area contributed by atoms with Crippen molar-refractivity contribution in [3.05, 3.63) is 89.3 Å². The highest BCUT2D eigenvalue weighted by atomic mass is 19.1. The van der Waals surface area contributed by atoms with Crippen molar-refractivity contribution in [3.8, 4) is 28.3 Å². The van der Waals surface area contributed by atoms with E-state index in [1.807, 2.05) is 32.0 Å². The Morgan fingerprint density at radius 1 is 1.18 bits per heavy atom. The van der Waals surface area contributed by atoms with Crippen molar-refractivity contribution in [3.63, 3.8) is 0 Å². The standard InChI is InChI=1S/C26H22FN3O3/c1-15-13-28-16(2)24(30-15)22-12-20(27)10-19-11-21(33-25(19)22)14-29-26(31)18-6-3-5-17(9-18)23-7-4-8-32-23/h3-10,12-13,21H,11,14H2,1-2H3,(H,29,31)/t21-/m1/s1. The molecule has 0 saturated carbocycles. The lowest BCUT2D eigenvalue weighted by Crippen LogP contribution is -2.34. The van der Waals surface area contributed by atoms with Crippen LogP contribution in [0.15, 0.2) is 65.4 Å². The third-order valence-electron chi connectivity index (χ3n) is 5.61. The topological polar surface area (TPSA) is 77.2 Å². The maximum absolute atomic E-state index is 14.4. The minimum absolute atomic E-state index is 0.213. The van der Waals surface area contributed by atoms with E-state index >= 15 is 0 Å². The molecule has 1 aliphatic heterocycles. The fourth-order valence-corrected chi connectivity index (χ4v) is 4.04. The number of hydrogen-bond donors (Lipinski definition) is 1. The lowest BCUT2D eigenvalue weighted by Gasteiger charge is -2.14. The Morgan fingerprint density at radius 3 is 2.88 bits per heavy atom. The molecule has 33 heavy (non-hydrogen) atoms. The SMILES string of the molecule is Cc1cnc(C)c(-c2cc(F)cc3c2O[C@@H](CNC(=O)c2cccc(-c4ccco4)c2)C3)n1. The zero-order valence-electron chi connectivity index (χ0n) is 18.3. The number of rotatable bonds is 5. The first kappa shape index (κ1) is 20.9. The zero-order chi connectivity index (χ0) is 22.9. The number of carbonyl (C=O) groups is 1. The third-order valence-corrected chi connectivity index (χ3v) is 5.61. The predicted octanol–water partition coefficient (Wildman–Crippen LogP) is 4.89. The number of ether oxygens (including phenoxy) is 1. The van der Waals surface area contributed by atoms with Gasteiger partial charge in [0, 0.05) is 34.9 Å². The van der Waals surface area contributed by atoms with Crippen molar-refractivity contribution < 1.29 is 18.3 Å². The van der Waals surface area contributed by atoms with Gasteiger partial charge in [-0.1, -0.05) is 12.1 Å². The number of aryl methyl sites for hydroxylation is 2. The number of nitrogens with one attached hydrogen (secondary N) is 1. The second-order valence-electron chi connectivity index (χ2n) is 8.10. The molecule has 0 fully saturated rings. The summed E-state index contributed by atoms with van der Waals surface area (Å²) in [6.07, 6.45) is 3.46. The van der Waals surface area contributed by atoms with Crippen molar-refractivity contribution in [2.24, 2.45) is 0 Å². The Bertz CT molecular complexity index is 1330. The number of amides is 1. The first-order chi connectivity index (χ1) is 16.0. The average molecular weight is 443 g/mol. The van der Waals surface area contributed by atoms with Gasteiger partial charge in [-0.2, -0.15) is 0 Å². The minimum Gasteiger partial charge on any atom is -0.487 e. The maximum Gasteiger partial charge on any atom is 0.251 e. The number of fused-ring (bicyclic) bond motifs is 1. The van der Waals surface area contributed by atoms with Crippen LogP contribution in [0.2, 0.25) is 0 Å². The molecule has 0 aliphatic carbocycles. The number of benzene rings is 2. The summed E-state index contributed by atoms with van der Waals surface area (Å²) in [5.74, 6) is 0.728. The second kappa shape index (κ2) is 8.50. The maximum atomic E-state index is 14.4. The van der Waals surface area contributed by atoms with E-state index in [9.17, 15) is 9.18 Å². The van der Waals surface area contributed by atoms with Crippen LogP contribution in [0.25, 0.3) is 22.6 Å². The van der Waals surface area contributed by atoms with Crippen LogP contribution in [-0.4, -0.2) is 28.5 Å². The van der Waals surface area contributed by atoms with E-state index in [1.165, 1.54) is 12.1 Å². The Morgan fingerprint density at radius 2 is 2.06 bits per heavy atom. The van der Waals surface area contributed by atoms with Crippen LogP contribution in [0.4, 0.5) is 4.39 Å². The van der Waals surface area contributed by atoms with E-state index in [-0.39, 0.29) is 24.4 Å². The fourth-order valence-electron chi connectivity index (χ4n) is 4.04. The van der Waals surface area contributed by atoms with Crippen molar-refractivity contribution in [2.75, 3.05) is 6.54 Å². The summed E-state index contributed by atoms with van der Waals surface area (Å²) in [4.78, 5) is 21.6. The lowest BCUT2D eigenvalue weighted by atomic mass is 10.0. The number of halogens is 1. The fraction of sp³-hybridized carbons (Fsp3) is 0.192. The van der Waals surface area contributed by atoms with E-state index in [1.54, 1.807) is 30.7 Å². The van der Waals surface area contributed by atoms with Gasteiger partial charge in [-0.05, 0) is 50.2 Å². The van der Waals surface area contributed by atoms with Gasteiger partial charge in [0.1, 0.15) is 23.4 Å². The molecule has 3 heterocycles. The highest BCUT2D eigenvalue weighted by Gasteiger charge is 2.28. The Balaban J connectivity index is 1.32. The van der Waals surface area contributed by atoms with E-state index in [0.717, 1.165) is 16.8 Å². The number of nitrogens with zero attached hydrogens (tertiary/aromatic N) is 2. The third kappa shape index (κ3) is 4.22. The Labute approximate surface area is 190 Å². The summed E-state index contributed by atoms with van der Waals surface area (Å²) in [7, 11) is 0. The summed E-state index contributed by atoms with van der Waals surface area (Å²) in [5.41, 5.74) is 4.73. The molecule has 6 nitrogen and oxygen atoms in total. The molecule has 1 amide bonds. The summed E-state index contributed by atoms with van der Waals surface area (Å²) >= 11 is 0. The zero-order valence-corrected chi connectivity index (χ0v) is 18.3.